The van der Waals surface area contributed by atoms with Crippen molar-refractivity contribution in [3.8, 4) is 0 Å². The average molecular weight is 501 g/mol. The molecule has 0 amide bonds. The van der Waals surface area contributed by atoms with Gasteiger partial charge in [-0.15, -0.1) is 0 Å². The van der Waals surface area contributed by atoms with Gasteiger partial charge in [0.05, 0.1) is 5.69 Å². The summed E-state index contributed by atoms with van der Waals surface area (Å²) in [5, 5.41) is -0.154. The van der Waals surface area contributed by atoms with Gasteiger partial charge in [-0.2, -0.15) is 4.39 Å². The molecule has 10 heteroatoms. The van der Waals surface area contributed by atoms with Gasteiger partial charge < -0.3 is 19.3 Å². The first-order valence-corrected chi connectivity index (χ1v) is 12.1. The van der Waals surface area contributed by atoms with Crippen LogP contribution in [0, 0.1) is 23.0 Å². The Morgan fingerprint density at radius 2 is 1.97 bits per heavy atom. The fraction of sp³-hybridized carbons (Fsp3) is 0.522. The standard InChI is InChI=1S/C23H28ClF3N4OS/c1-22(2)7-9-30(12-22)10-8-23(32-3)13-31(14-23)16-11-15(25)21(20(27)19(16)24)33-29-18-6-4-5-17(26)28-18/h4-6,11H,7-10,12-14H2,1-3H3,(H,28,29). The lowest BCUT2D eigenvalue weighted by atomic mass is 9.89. The minimum Gasteiger partial charge on any atom is -0.374 e. The third-order valence-electron chi connectivity index (χ3n) is 6.44. The van der Waals surface area contributed by atoms with Gasteiger partial charge in [0.1, 0.15) is 27.2 Å². The van der Waals surface area contributed by atoms with Gasteiger partial charge in [-0.1, -0.05) is 31.5 Å². The zero-order chi connectivity index (χ0) is 23.8. The predicted molar refractivity (Wildman–Crippen MR) is 126 cm³/mol. The molecule has 1 aromatic carbocycles. The topological polar surface area (TPSA) is 40.6 Å². The second kappa shape index (κ2) is 9.52. The Morgan fingerprint density at radius 3 is 2.61 bits per heavy atom. The Kier molecular flexibility index (Phi) is 7.05. The van der Waals surface area contributed by atoms with E-state index >= 15 is 0 Å². The van der Waals surface area contributed by atoms with Crippen LogP contribution in [-0.4, -0.2) is 55.3 Å². The molecular weight excluding hydrogens is 473 g/mol. The second-order valence-electron chi connectivity index (χ2n) is 9.57. The summed E-state index contributed by atoms with van der Waals surface area (Å²) in [5.41, 5.74) is 0.282. The van der Waals surface area contributed by atoms with Crippen LogP contribution in [0.4, 0.5) is 24.7 Å². The van der Waals surface area contributed by atoms with Crippen molar-refractivity contribution in [2.24, 2.45) is 5.41 Å². The van der Waals surface area contributed by atoms with Crippen molar-refractivity contribution in [2.45, 2.75) is 37.2 Å². The number of benzene rings is 1. The lowest BCUT2D eigenvalue weighted by Gasteiger charge is -2.51. The van der Waals surface area contributed by atoms with Gasteiger partial charge >= 0.3 is 0 Å². The van der Waals surface area contributed by atoms with Crippen molar-refractivity contribution in [3.63, 3.8) is 0 Å². The van der Waals surface area contributed by atoms with Crippen molar-refractivity contribution in [1.82, 2.24) is 9.88 Å². The largest absolute Gasteiger partial charge is 0.374 e. The summed E-state index contributed by atoms with van der Waals surface area (Å²) in [4.78, 5) is 7.60. The van der Waals surface area contributed by atoms with Crippen LogP contribution in [0.5, 0.6) is 0 Å². The molecule has 0 spiro atoms. The molecule has 33 heavy (non-hydrogen) atoms. The third kappa shape index (κ3) is 5.37. The minimum atomic E-state index is -0.866. The number of rotatable bonds is 8. The summed E-state index contributed by atoms with van der Waals surface area (Å²) >= 11 is 6.94. The van der Waals surface area contributed by atoms with Crippen molar-refractivity contribution in [2.75, 3.05) is 49.5 Å². The first-order valence-electron chi connectivity index (χ1n) is 10.9. The highest BCUT2D eigenvalue weighted by Gasteiger charge is 2.45. The highest BCUT2D eigenvalue weighted by atomic mass is 35.5. The summed E-state index contributed by atoms with van der Waals surface area (Å²) in [7, 11) is 1.68. The van der Waals surface area contributed by atoms with E-state index in [0.29, 0.717) is 36.1 Å². The van der Waals surface area contributed by atoms with E-state index in [1.54, 1.807) is 7.11 Å². The lowest BCUT2D eigenvalue weighted by Crippen LogP contribution is -2.64. The number of pyridine rings is 1. The van der Waals surface area contributed by atoms with Gasteiger partial charge in [-0.3, -0.25) is 0 Å². The van der Waals surface area contributed by atoms with Gasteiger partial charge in [-0.25, -0.2) is 13.8 Å². The van der Waals surface area contributed by atoms with Crippen LogP contribution in [0.15, 0.2) is 29.2 Å². The van der Waals surface area contributed by atoms with Gasteiger partial charge in [-0.05, 0) is 48.9 Å². The Bertz CT molecular complexity index is 1020. The summed E-state index contributed by atoms with van der Waals surface area (Å²) < 4.78 is 51.4. The van der Waals surface area contributed by atoms with Gasteiger partial charge in [0, 0.05) is 39.4 Å². The fourth-order valence-corrected chi connectivity index (χ4v) is 5.44. The maximum absolute atomic E-state index is 14.9. The van der Waals surface area contributed by atoms with Crippen molar-refractivity contribution in [3.05, 3.63) is 46.9 Å². The number of ether oxygens (including phenoxy) is 1. The molecule has 0 atom stereocenters. The van der Waals surface area contributed by atoms with Crippen molar-refractivity contribution in [1.29, 1.82) is 0 Å². The Labute approximate surface area is 201 Å². The number of hydrogen-bond acceptors (Lipinski definition) is 6. The maximum atomic E-state index is 14.9. The number of nitrogens with one attached hydrogen (secondary N) is 1. The quantitative estimate of drug-likeness (QED) is 0.289. The van der Waals surface area contributed by atoms with Gasteiger partial charge in [0.15, 0.2) is 5.82 Å². The smallest absolute Gasteiger partial charge is 0.214 e. The molecule has 1 N–H and O–H groups in total. The molecule has 2 aliphatic rings. The van der Waals surface area contributed by atoms with Gasteiger partial charge in [0.25, 0.3) is 0 Å². The normalized spacial score (nSPS) is 19.5. The molecule has 0 aliphatic carbocycles. The van der Waals surface area contributed by atoms with Crippen LogP contribution in [0.1, 0.15) is 26.7 Å². The highest BCUT2D eigenvalue weighted by Crippen LogP contribution is 2.42. The van der Waals surface area contributed by atoms with E-state index in [4.69, 9.17) is 16.3 Å². The Morgan fingerprint density at radius 1 is 1.21 bits per heavy atom. The minimum absolute atomic E-state index is 0.146. The SMILES string of the molecule is COC1(CCN2CCC(C)(C)C2)CN(c2cc(F)c(SNc3cccc(F)n3)c(F)c2Cl)C1. The van der Waals surface area contributed by atoms with Crippen LogP contribution >= 0.6 is 23.5 Å². The average Bonchev–Trinajstić information content (AvgIpc) is 3.09. The molecule has 0 radical (unpaired) electrons. The van der Waals surface area contributed by atoms with Crippen LogP contribution in [0.3, 0.4) is 0 Å². The maximum Gasteiger partial charge on any atom is 0.214 e. The lowest BCUT2D eigenvalue weighted by molar-refractivity contribution is -0.0444. The summed E-state index contributed by atoms with van der Waals surface area (Å²) in [6.45, 7) is 8.66. The second-order valence-corrected chi connectivity index (χ2v) is 10.8. The molecule has 0 bridgehead atoms. The van der Waals surface area contributed by atoms with Crippen molar-refractivity contribution < 1.29 is 17.9 Å². The molecule has 2 aliphatic heterocycles. The van der Waals surface area contributed by atoms with E-state index in [0.717, 1.165) is 26.1 Å². The molecule has 180 valence electrons. The van der Waals surface area contributed by atoms with E-state index in [-0.39, 0.29) is 21.3 Å². The Balaban J connectivity index is 1.40. The monoisotopic (exact) mass is 500 g/mol. The van der Waals surface area contributed by atoms with Crippen LogP contribution in [-0.2, 0) is 4.74 Å². The zero-order valence-corrected chi connectivity index (χ0v) is 20.5. The molecule has 5 nitrogen and oxygen atoms in total. The molecule has 2 saturated heterocycles. The van der Waals surface area contributed by atoms with Crippen LogP contribution in [0.2, 0.25) is 5.02 Å². The molecule has 0 unspecified atom stereocenters. The first kappa shape index (κ1) is 24.4. The highest BCUT2D eigenvalue weighted by molar-refractivity contribution is 8.00. The molecule has 3 heterocycles. The summed E-state index contributed by atoms with van der Waals surface area (Å²) in [6, 6.07) is 5.36. The summed E-state index contributed by atoms with van der Waals surface area (Å²) in [5.74, 6) is -2.17. The molecule has 0 saturated carbocycles. The number of aromatic nitrogens is 1. The number of nitrogens with zero attached hydrogens (tertiary/aromatic N) is 3. The number of likely N-dealkylation sites (tertiary alicyclic amines) is 1. The van der Waals surface area contributed by atoms with Crippen LogP contribution in [0.25, 0.3) is 0 Å². The Hall–Kier alpha value is -1.68. The molecule has 4 rings (SSSR count). The van der Waals surface area contributed by atoms with E-state index in [2.05, 4.69) is 28.5 Å². The number of methoxy groups -OCH3 is 1. The van der Waals surface area contributed by atoms with E-state index in [1.165, 1.54) is 30.7 Å². The molecule has 2 fully saturated rings. The van der Waals surface area contributed by atoms with E-state index < -0.39 is 17.6 Å². The van der Waals surface area contributed by atoms with Crippen LogP contribution < -0.4 is 9.62 Å². The zero-order valence-electron chi connectivity index (χ0n) is 18.9. The molecular formula is C23H28ClF3N4OS. The summed E-state index contributed by atoms with van der Waals surface area (Å²) in [6.07, 6.45) is 2.03. The third-order valence-corrected chi connectivity index (χ3v) is 7.69. The fourth-order valence-electron chi connectivity index (χ4n) is 4.44. The molecule has 2 aromatic rings. The van der Waals surface area contributed by atoms with Gasteiger partial charge in [0.2, 0.25) is 5.95 Å². The number of halogens is 4. The van der Waals surface area contributed by atoms with Crippen molar-refractivity contribution >= 4 is 35.1 Å². The van der Waals surface area contributed by atoms with E-state index in [1.807, 2.05) is 4.90 Å². The first-order chi connectivity index (χ1) is 15.6. The van der Waals surface area contributed by atoms with E-state index in [9.17, 15) is 13.2 Å². The molecule has 1 aromatic heterocycles. The predicted octanol–water partition coefficient (Wildman–Crippen LogP) is 5.60. The number of hydrogen-bond donors (Lipinski definition) is 1. The number of anilines is 2.